The van der Waals surface area contributed by atoms with E-state index < -0.39 is 0 Å². The number of benzene rings is 1. The summed E-state index contributed by atoms with van der Waals surface area (Å²) < 4.78 is 0. The number of amides is 1. The van der Waals surface area contributed by atoms with Gasteiger partial charge in [0.2, 0.25) is 5.91 Å². The largest absolute Gasteiger partial charge is 0.356 e. The van der Waals surface area contributed by atoms with Crippen molar-refractivity contribution in [3.8, 4) is 0 Å². The lowest BCUT2D eigenvalue weighted by Crippen LogP contribution is -2.39. The zero-order valence-electron chi connectivity index (χ0n) is 15.4. The number of hydrogen-bond acceptors (Lipinski definition) is 4. The Balaban J connectivity index is 0.00000338. The van der Waals surface area contributed by atoms with E-state index in [2.05, 4.69) is 32.7 Å². The van der Waals surface area contributed by atoms with Crippen LogP contribution in [0.4, 0.5) is 0 Å². The molecule has 142 valence electrons. The molecule has 8 heteroatoms. The van der Waals surface area contributed by atoms with Gasteiger partial charge in [-0.15, -0.1) is 35.3 Å². The topological polar surface area (TPSA) is 69.6 Å². The summed E-state index contributed by atoms with van der Waals surface area (Å²) in [5.41, 5.74) is 1.26. The van der Waals surface area contributed by atoms with Gasteiger partial charge in [-0.25, -0.2) is 9.98 Å². The van der Waals surface area contributed by atoms with Gasteiger partial charge in [0.25, 0.3) is 0 Å². The average Bonchev–Trinajstić information content (AvgIpc) is 3.02. The molecule has 1 amide bonds. The molecular weight excluding hydrogens is 461 g/mol. The van der Waals surface area contributed by atoms with E-state index in [1.165, 1.54) is 15.3 Å². The summed E-state index contributed by atoms with van der Waals surface area (Å²) in [6.45, 7) is 3.48. The second kappa shape index (κ2) is 11.8. The molecule has 0 saturated carbocycles. The van der Waals surface area contributed by atoms with Crippen molar-refractivity contribution in [3.05, 3.63) is 52.0 Å². The van der Waals surface area contributed by atoms with Gasteiger partial charge < -0.3 is 15.5 Å². The van der Waals surface area contributed by atoms with Gasteiger partial charge in [0.15, 0.2) is 5.96 Å². The quantitative estimate of drug-likeness (QED) is 0.358. The number of halogens is 1. The first kappa shape index (κ1) is 22.4. The summed E-state index contributed by atoms with van der Waals surface area (Å²) in [5.74, 6) is 0.591. The SMILES string of the molecule is Cc1cnc(CNC(=NCC(=O)N(C)C)NCCc2ccccc2)s1.I. The number of aryl methyl sites for hydroxylation is 1. The van der Waals surface area contributed by atoms with E-state index in [-0.39, 0.29) is 36.4 Å². The van der Waals surface area contributed by atoms with E-state index in [1.54, 1.807) is 25.4 Å². The molecule has 0 spiro atoms. The van der Waals surface area contributed by atoms with Crippen LogP contribution < -0.4 is 10.6 Å². The smallest absolute Gasteiger partial charge is 0.243 e. The van der Waals surface area contributed by atoms with Crippen LogP contribution in [0, 0.1) is 6.92 Å². The molecule has 0 aliphatic carbocycles. The molecule has 26 heavy (non-hydrogen) atoms. The van der Waals surface area contributed by atoms with Crippen LogP contribution in [0.2, 0.25) is 0 Å². The third-order valence-corrected chi connectivity index (χ3v) is 4.41. The molecule has 0 unspecified atom stereocenters. The van der Waals surface area contributed by atoms with Gasteiger partial charge in [0.05, 0.1) is 6.54 Å². The fourth-order valence-electron chi connectivity index (χ4n) is 2.07. The van der Waals surface area contributed by atoms with E-state index in [0.717, 1.165) is 18.0 Å². The first-order valence-corrected chi connectivity index (χ1v) is 9.04. The van der Waals surface area contributed by atoms with E-state index in [0.29, 0.717) is 12.5 Å². The first-order valence-electron chi connectivity index (χ1n) is 8.22. The maximum absolute atomic E-state index is 11.8. The number of rotatable bonds is 7. The lowest BCUT2D eigenvalue weighted by molar-refractivity contribution is -0.127. The Hall–Kier alpha value is -1.68. The summed E-state index contributed by atoms with van der Waals surface area (Å²) in [7, 11) is 3.46. The molecule has 0 fully saturated rings. The molecule has 0 aliphatic rings. The second-order valence-corrected chi connectivity index (χ2v) is 7.15. The molecule has 2 aromatic rings. The summed E-state index contributed by atoms with van der Waals surface area (Å²) in [6, 6.07) is 10.3. The van der Waals surface area contributed by atoms with E-state index in [4.69, 9.17) is 0 Å². The van der Waals surface area contributed by atoms with Crippen molar-refractivity contribution in [1.82, 2.24) is 20.5 Å². The van der Waals surface area contributed by atoms with Crippen molar-refractivity contribution < 1.29 is 4.79 Å². The third kappa shape index (κ3) is 8.13. The summed E-state index contributed by atoms with van der Waals surface area (Å²) in [5, 5.41) is 7.53. The molecule has 2 N–H and O–H groups in total. The van der Waals surface area contributed by atoms with Gasteiger partial charge in [-0.05, 0) is 18.9 Å². The van der Waals surface area contributed by atoms with Gasteiger partial charge >= 0.3 is 0 Å². The number of nitrogens with one attached hydrogen (secondary N) is 2. The highest BCUT2D eigenvalue weighted by Crippen LogP contribution is 2.10. The number of thiazole rings is 1. The van der Waals surface area contributed by atoms with Crippen molar-refractivity contribution in [2.24, 2.45) is 4.99 Å². The van der Waals surface area contributed by atoms with Gasteiger partial charge in [-0.1, -0.05) is 30.3 Å². The molecule has 2 rings (SSSR count). The lowest BCUT2D eigenvalue weighted by Gasteiger charge is -2.13. The van der Waals surface area contributed by atoms with Crippen LogP contribution in [0.3, 0.4) is 0 Å². The zero-order chi connectivity index (χ0) is 18.1. The predicted octanol–water partition coefficient (Wildman–Crippen LogP) is 2.44. The van der Waals surface area contributed by atoms with E-state index in [9.17, 15) is 4.79 Å². The Morgan fingerprint density at radius 3 is 2.58 bits per heavy atom. The number of aromatic nitrogens is 1. The van der Waals surface area contributed by atoms with Crippen molar-refractivity contribution in [1.29, 1.82) is 0 Å². The van der Waals surface area contributed by atoms with Crippen LogP contribution in [0.15, 0.2) is 41.5 Å². The minimum Gasteiger partial charge on any atom is -0.356 e. The molecule has 0 radical (unpaired) electrons. The summed E-state index contributed by atoms with van der Waals surface area (Å²) in [4.78, 5) is 23.2. The standard InChI is InChI=1S/C18H25N5OS.HI/c1-14-11-20-16(25-14)12-21-18(22-13-17(24)23(2)3)19-10-9-15-7-5-4-6-8-15;/h4-8,11H,9-10,12-13H2,1-3H3,(H2,19,21,22);1H. The maximum atomic E-state index is 11.8. The fourth-order valence-corrected chi connectivity index (χ4v) is 2.80. The van der Waals surface area contributed by atoms with Gasteiger partial charge in [0, 0.05) is 31.7 Å². The van der Waals surface area contributed by atoms with Crippen molar-refractivity contribution in [2.45, 2.75) is 19.9 Å². The predicted molar refractivity (Wildman–Crippen MR) is 118 cm³/mol. The molecular formula is C18H26IN5OS. The highest BCUT2D eigenvalue weighted by atomic mass is 127. The average molecular weight is 487 g/mol. The molecule has 0 bridgehead atoms. The third-order valence-electron chi connectivity index (χ3n) is 3.50. The van der Waals surface area contributed by atoms with Crippen LogP contribution in [-0.4, -0.2) is 48.9 Å². The number of carbonyl (C=O) groups is 1. The Bertz CT molecular complexity index is 703. The van der Waals surface area contributed by atoms with Crippen molar-refractivity contribution >= 4 is 47.2 Å². The maximum Gasteiger partial charge on any atom is 0.243 e. The number of carbonyl (C=O) groups excluding carboxylic acids is 1. The number of hydrogen-bond donors (Lipinski definition) is 2. The van der Waals surface area contributed by atoms with Gasteiger partial charge in [-0.2, -0.15) is 0 Å². The van der Waals surface area contributed by atoms with Crippen molar-refractivity contribution in [3.63, 3.8) is 0 Å². The minimum atomic E-state index is -0.0331. The number of aliphatic imine (C=N–C) groups is 1. The normalized spacial score (nSPS) is 10.8. The molecule has 0 aliphatic heterocycles. The minimum absolute atomic E-state index is 0. The molecule has 1 aromatic carbocycles. The van der Waals surface area contributed by atoms with Crippen LogP contribution in [0.1, 0.15) is 15.4 Å². The Kier molecular flexibility index (Phi) is 10.2. The van der Waals surface area contributed by atoms with Crippen LogP contribution in [-0.2, 0) is 17.8 Å². The first-order chi connectivity index (χ1) is 12.0. The summed E-state index contributed by atoms with van der Waals surface area (Å²) >= 11 is 1.65. The molecule has 0 saturated heterocycles. The van der Waals surface area contributed by atoms with Crippen LogP contribution >= 0.6 is 35.3 Å². The van der Waals surface area contributed by atoms with Gasteiger partial charge in [-0.3, -0.25) is 4.79 Å². The lowest BCUT2D eigenvalue weighted by atomic mass is 10.1. The fraction of sp³-hybridized carbons (Fsp3) is 0.389. The van der Waals surface area contributed by atoms with Crippen LogP contribution in [0.5, 0.6) is 0 Å². The monoisotopic (exact) mass is 487 g/mol. The van der Waals surface area contributed by atoms with Crippen molar-refractivity contribution in [2.75, 3.05) is 27.2 Å². The number of guanidine groups is 1. The van der Waals surface area contributed by atoms with Crippen LogP contribution in [0.25, 0.3) is 0 Å². The Morgan fingerprint density at radius 1 is 1.23 bits per heavy atom. The highest BCUT2D eigenvalue weighted by Gasteiger charge is 2.06. The Morgan fingerprint density at radius 2 is 1.96 bits per heavy atom. The Labute approximate surface area is 176 Å². The second-order valence-electron chi connectivity index (χ2n) is 5.83. The number of likely N-dealkylation sites (N-methyl/N-ethyl adjacent to an activating group) is 1. The summed E-state index contributed by atoms with van der Waals surface area (Å²) in [6.07, 6.45) is 2.75. The van der Waals surface area contributed by atoms with E-state index >= 15 is 0 Å². The molecule has 1 aromatic heterocycles. The molecule has 1 heterocycles. The van der Waals surface area contributed by atoms with E-state index in [1.807, 2.05) is 31.3 Å². The number of nitrogens with zero attached hydrogens (tertiary/aromatic N) is 3. The molecule has 0 atom stereocenters. The zero-order valence-corrected chi connectivity index (χ0v) is 18.5. The molecule has 6 nitrogen and oxygen atoms in total. The highest BCUT2D eigenvalue weighted by molar-refractivity contribution is 14.0. The van der Waals surface area contributed by atoms with Gasteiger partial charge in [0.1, 0.15) is 11.6 Å².